The van der Waals surface area contributed by atoms with Crippen LogP contribution < -0.4 is 5.32 Å². The molecule has 2 aromatic rings. The van der Waals surface area contributed by atoms with Gasteiger partial charge < -0.3 is 9.73 Å². The second-order valence-electron chi connectivity index (χ2n) is 4.20. The van der Waals surface area contributed by atoms with Crippen LogP contribution in [0.15, 0.2) is 49.7 Å². The molecule has 3 nitrogen and oxygen atoms in total. The lowest BCUT2D eigenvalue weighted by Gasteiger charge is -2.09. The second kappa shape index (κ2) is 6.41. The number of benzene rings is 1. The summed E-state index contributed by atoms with van der Waals surface area (Å²) in [5.74, 6) is 0. The number of halogens is 1. The topological polar surface area (TPSA) is 38.1 Å². The van der Waals surface area contributed by atoms with Crippen LogP contribution >= 0.6 is 27.7 Å². The summed E-state index contributed by atoms with van der Waals surface area (Å²) < 4.78 is 6.28. The first kappa shape index (κ1) is 13.6. The van der Waals surface area contributed by atoms with Gasteiger partial charge >= 0.3 is 0 Å². The molecule has 0 unspecified atom stereocenters. The van der Waals surface area contributed by atoms with Gasteiger partial charge in [0.1, 0.15) is 6.26 Å². The molecule has 0 atom stereocenters. The lowest BCUT2D eigenvalue weighted by molar-refractivity contribution is 0.454. The first-order valence-corrected chi connectivity index (χ1v) is 7.35. The maximum absolute atomic E-state index is 5.22. The van der Waals surface area contributed by atoms with Gasteiger partial charge in [0.05, 0.1) is 6.20 Å². The number of nitrogens with zero attached hydrogens (tertiary/aromatic N) is 1. The third kappa shape index (κ3) is 3.86. The molecular weight excluding hydrogens is 312 g/mol. The summed E-state index contributed by atoms with van der Waals surface area (Å²) >= 11 is 5.09. The third-order valence-electron chi connectivity index (χ3n) is 2.32. The number of aromatic nitrogens is 1. The van der Waals surface area contributed by atoms with E-state index in [2.05, 4.69) is 58.3 Å². The molecule has 1 heterocycles. The predicted octanol–water partition coefficient (Wildman–Crippen LogP) is 4.09. The van der Waals surface area contributed by atoms with E-state index in [1.165, 1.54) is 17.3 Å². The van der Waals surface area contributed by atoms with Crippen LogP contribution in [-0.2, 0) is 6.54 Å². The quantitative estimate of drug-likeness (QED) is 0.898. The van der Waals surface area contributed by atoms with Gasteiger partial charge in [-0.15, -0.1) is 0 Å². The Bertz CT molecular complexity index is 500. The van der Waals surface area contributed by atoms with E-state index in [-0.39, 0.29) is 0 Å². The largest absolute Gasteiger partial charge is 0.440 e. The number of rotatable bonds is 5. The van der Waals surface area contributed by atoms with Gasteiger partial charge in [-0.2, -0.15) is 0 Å². The Hall–Kier alpha value is -0.780. The van der Waals surface area contributed by atoms with E-state index < -0.39 is 0 Å². The van der Waals surface area contributed by atoms with Crippen LogP contribution in [0.3, 0.4) is 0 Å². The molecule has 0 amide bonds. The molecule has 0 aliphatic heterocycles. The molecule has 1 aromatic carbocycles. The Labute approximate surface area is 120 Å². The molecule has 2 rings (SSSR count). The highest BCUT2D eigenvalue weighted by Crippen LogP contribution is 2.33. The van der Waals surface area contributed by atoms with Crippen molar-refractivity contribution < 1.29 is 4.42 Å². The first-order chi connectivity index (χ1) is 8.65. The molecule has 96 valence electrons. The standard InChI is InChI=1S/C13H15BrN2OS/c1-9(2)16-8-10-3-4-12(11(14)7-10)18-13-15-5-6-17-13/h3-7,9,16H,8H2,1-2H3. The molecular formula is C13H15BrN2OS. The van der Waals surface area contributed by atoms with Crippen molar-refractivity contribution in [3.8, 4) is 0 Å². The third-order valence-corrected chi connectivity index (χ3v) is 4.19. The van der Waals surface area contributed by atoms with Gasteiger partial charge in [0.15, 0.2) is 0 Å². The lowest BCUT2D eigenvalue weighted by atomic mass is 10.2. The highest BCUT2D eigenvalue weighted by molar-refractivity contribution is 9.10. The highest BCUT2D eigenvalue weighted by Gasteiger charge is 2.06. The Kier molecular flexibility index (Phi) is 4.86. The molecule has 1 aromatic heterocycles. The Balaban J connectivity index is 2.05. The van der Waals surface area contributed by atoms with Crippen molar-refractivity contribution in [2.24, 2.45) is 0 Å². The summed E-state index contributed by atoms with van der Waals surface area (Å²) in [5.41, 5.74) is 1.26. The summed E-state index contributed by atoms with van der Waals surface area (Å²) in [6, 6.07) is 6.81. The van der Waals surface area contributed by atoms with Gasteiger partial charge in [-0.3, -0.25) is 0 Å². The summed E-state index contributed by atoms with van der Waals surface area (Å²) in [6.07, 6.45) is 3.23. The average molecular weight is 327 g/mol. The number of hydrogen-bond acceptors (Lipinski definition) is 4. The molecule has 18 heavy (non-hydrogen) atoms. The van der Waals surface area contributed by atoms with Gasteiger partial charge in [0, 0.05) is 22.0 Å². The minimum absolute atomic E-state index is 0.491. The second-order valence-corrected chi connectivity index (χ2v) is 6.05. The zero-order valence-electron chi connectivity index (χ0n) is 10.3. The van der Waals surface area contributed by atoms with Gasteiger partial charge in [0.25, 0.3) is 5.22 Å². The van der Waals surface area contributed by atoms with Crippen LogP contribution in [0.5, 0.6) is 0 Å². The monoisotopic (exact) mass is 326 g/mol. The van der Waals surface area contributed by atoms with Gasteiger partial charge in [-0.25, -0.2) is 4.98 Å². The maximum atomic E-state index is 5.22. The number of nitrogens with one attached hydrogen (secondary N) is 1. The normalized spacial score (nSPS) is 11.1. The zero-order valence-corrected chi connectivity index (χ0v) is 12.7. The van der Waals surface area contributed by atoms with Gasteiger partial charge in [0.2, 0.25) is 0 Å². The molecule has 0 saturated carbocycles. The minimum atomic E-state index is 0.491. The highest BCUT2D eigenvalue weighted by atomic mass is 79.9. The van der Waals surface area contributed by atoms with Crippen molar-refractivity contribution in [1.82, 2.24) is 10.3 Å². The van der Waals surface area contributed by atoms with Crippen LogP contribution in [0.25, 0.3) is 0 Å². The number of oxazole rings is 1. The Morgan fingerprint density at radius 3 is 2.89 bits per heavy atom. The summed E-state index contributed by atoms with van der Waals surface area (Å²) in [5, 5.41) is 4.05. The van der Waals surface area contributed by atoms with Crippen LogP contribution in [0, 0.1) is 0 Å². The molecule has 0 radical (unpaired) electrons. The Morgan fingerprint density at radius 1 is 1.44 bits per heavy atom. The van der Waals surface area contributed by atoms with Crippen LogP contribution in [-0.4, -0.2) is 11.0 Å². The lowest BCUT2D eigenvalue weighted by Crippen LogP contribution is -2.21. The van der Waals surface area contributed by atoms with Crippen molar-refractivity contribution >= 4 is 27.7 Å². The summed E-state index contributed by atoms with van der Waals surface area (Å²) in [6.45, 7) is 5.16. The van der Waals surface area contributed by atoms with E-state index in [0.29, 0.717) is 11.3 Å². The Morgan fingerprint density at radius 2 is 2.28 bits per heavy atom. The molecule has 1 N–H and O–H groups in total. The first-order valence-electron chi connectivity index (χ1n) is 5.74. The molecule has 0 saturated heterocycles. The van der Waals surface area contributed by atoms with E-state index in [1.54, 1.807) is 12.5 Å². The molecule has 0 fully saturated rings. The van der Waals surface area contributed by atoms with E-state index in [4.69, 9.17) is 4.42 Å². The van der Waals surface area contributed by atoms with Crippen molar-refractivity contribution in [2.45, 2.75) is 36.6 Å². The molecule has 0 aliphatic carbocycles. The SMILES string of the molecule is CC(C)NCc1ccc(Sc2ncco2)c(Br)c1. The van der Waals surface area contributed by atoms with Crippen molar-refractivity contribution in [3.05, 3.63) is 40.7 Å². The average Bonchev–Trinajstić information content (AvgIpc) is 2.82. The zero-order chi connectivity index (χ0) is 13.0. The maximum Gasteiger partial charge on any atom is 0.260 e. The summed E-state index contributed by atoms with van der Waals surface area (Å²) in [4.78, 5) is 5.20. The minimum Gasteiger partial charge on any atom is -0.440 e. The fraction of sp³-hybridized carbons (Fsp3) is 0.308. The van der Waals surface area contributed by atoms with E-state index in [9.17, 15) is 0 Å². The van der Waals surface area contributed by atoms with Crippen molar-refractivity contribution in [3.63, 3.8) is 0 Å². The van der Waals surface area contributed by atoms with E-state index in [1.807, 2.05) is 0 Å². The molecule has 0 spiro atoms. The fourth-order valence-corrected chi connectivity index (χ4v) is 2.78. The van der Waals surface area contributed by atoms with E-state index >= 15 is 0 Å². The summed E-state index contributed by atoms with van der Waals surface area (Å²) in [7, 11) is 0. The molecule has 0 aliphatic rings. The van der Waals surface area contributed by atoms with Crippen LogP contribution in [0.1, 0.15) is 19.4 Å². The fourth-order valence-electron chi connectivity index (χ4n) is 1.41. The molecule has 0 bridgehead atoms. The predicted molar refractivity (Wildman–Crippen MR) is 76.7 cm³/mol. The smallest absolute Gasteiger partial charge is 0.260 e. The molecule has 5 heteroatoms. The van der Waals surface area contributed by atoms with E-state index in [0.717, 1.165) is 15.9 Å². The van der Waals surface area contributed by atoms with Gasteiger partial charge in [-0.05, 0) is 45.4 Å². The van der Waals surface area contributed by atoms with Crippen molar-refractivity contribution in [1.29, 1.82) is 0 Å². The van der Waals surface area contributed by atoms with Crippen molar-refractivity contribution in [2.75, 3.05) is 0 Å². The van der Waals surface area contributed by atoms with Gasteiger partial charge in [-0.1, -0.05) is 19.9 Å². The number of hydrogen-bond donors (Lipinski definition) is 1. The van der Waals surface area contributed by atoms with Crippen LogP contribution in [0.2, 0.25) is 0 Å². The van der Waals surface area contributed by atoms with Crippen LogP contribution in [0.4, 0.5) is 0 Å².